The van der Waals surface area contributed by atoms with Crippen LogP contribution in [-0.4, -0.2) is 15.0 Å². The van der Waals surface area contributed by atoms with E-state index in [1.54, 1.807) is 12.7 Å². The fourth-order valence-electron chi connectivity index (χ4n) is 4.16. The molecule has 0 unspecified atom stereocenters. The van der Waals surface area contributed by atoms with Crippen LogP contribution in [0.25, 0.3) is 0 Å². The molecule has 0 aliphatic carbocycles. The third-order valence-electron chi connectivity index (χ3n) is 6.15. The third-order valence-corrected chi connectivity index (χ3v) is 6.15. The van der Waals surface area contributed by atoms with Gasteiger partial charge in [0, 0.05) is 6.42 Å². The minimum atomic E-state index is 0.818. The van der Waals surface area contributed by atoms with Crippen LogP contribution in [0.2, 0.25) is 0 Å². The summed E-state index contributed by atoms with van der Waals surface area (Å²) in [5, 5.41) is 0. The van der Waals surface area contributed by atoms with Crippen LogP contribution in [0.5, 0.6) is 0 Å². The summed E-state index contributed by atoms with van der Waals surface area (Å²) < 4.78 is 0. The van der Waals surface area contributed by atoms with Gasteiger partial charge in [0.25, 0.3) is 0 Å². The molecule has 1 heterocycles. The average Bonchev–Trinajstić information content (AvgIpc) is 2.78. The number of hydrogen-bond donors (Lipinski definition) is 0. The lowest BCUT2D eigenvalue weighted by Crippen LogP contribution is -1.92. The van der Waals surface area contributed by atoms with Gasteiger partial charge in [-0.25, -0.2) is 15.0 Å². The topological polar surface area (TPSA) is 38.7 Å². The normalized spacial score (nSPS) is 11.2. The fraction of sp³-hybridized carbons (Fsp3) is 0.852. The third kappa shape index (κ3) is 19.0. The second-order valence-corrected chi connectivity index (χ2v) is 9.06. The number of rotatable bonds is 23. The molecule has 3 nitrogen and oxygen atoms in total. The zero-order valence-corrected chi connectivity index (χ0v) is 20.1. The number of nitrogens with zero attached hydrogens (tertiary/aromatic N) is 3. The maximum absolute atomic E-state index is 4.13. The minimum absolute atomic E-state index is 0.818. The van der Waals surface area contributed by atoms with Crippen LogP contribution in [0.4, 0.5) is 0 Å². The molecule has 0 aliphatic heterocycles. The van der Waals surface area contributed by atoms with E-state index in [1.807, 2.05) is 0 Å². The summed E-state index contributed by atoms with van der Waals surface area (Å²) in [5.41, 5.74) is 0. The standard InChI is InChI=1S/C27H50N3/c1-2-3-4-5-6-7-8-9-10-11-12-13-14-15-16-17-18-19-20-21-22-23-24-27-29-25-28-26-30-27/h24-26H,2-23H2,1H3. The highest BCUT2D eigenvalue weighted by atomic mass is 15.0. The van der Waals surface area contributed by atoms with Crippen molar-refractivity contribution >= 4 is 0 Å². The molecule has 1 aromatic rings. The van der Waals surface area contributed by atoms with E-state index in [0.717, 1.165) is 12.2 Å². The van der Waals surface area contributed by atoms with Crippen LogP contribution in [-0.2, 0) is 0 Å². The molecule has 0 saturated carbocycles. The first-order valence-electron chi connectivity index (χ1n) is 13.4. The first-order valence-corrected chi connectivity index (χ1v) is 13.4. The van der Waals surface area contributed by atoms with Crippen molar-refractivity contribution in [2.75, 3.05) is 0 Å². The lowest BCUT2D eigenvalue weighted by Gasteiger charge is -2.04. The monoisotopic (exact) mass is 416 g/mol. The smallest absolute Gasteiger partial charge is 0.135 e. The van der Waals surface area contributed by atoms with E-state index in [9.17, 15) is 0 Å². The molecule has 0 atom stereocenters. The molecule has 3 heteroatoms. The van der Waals surface area contributed by atoms with Gasteiger partial charge in [0.2, 0.25) is 0 Å². The van der Waals surface area contributed by atoms with Crippen LogP contribution in [0.1, 0.15) is 154 Å². The summed E-state index contributed by atoms with van der Waals surface area (Å²) in [6.45, 7) is 2.30. The van der Waals surface area contributed by atoms with E-state index in [1.165, 1.54) is 135 Å². The van der Waals surface area contributed by atoms with Gasteiger partial charge < -0.3 is 0 Å². The Morgan fingerprint density at radius 3 is 1.20 bits per heavy atom. The van der Waals surface area contributed by atoms with Crippen molar-refractivity contribution in [1.29, 1.82) is 0 Å². The zero-order chi connectivity index (χ0) is 21.4. The molecule has 0 aliphatic rings. The Morgan fingerprint density at radius 1 is 0.500 bits per heavy atom. The number of unbranched alkanes of at least 4 members (excludes halogenated alkanes) is 21. The van der Waals surface area contributed by atoms with Gasteiger partial charge in [-0.15, -0.1) is 0 Å². The molecule has 0 spiro atoms. The lowest BCUT2D eigenvalue weighted by molar-refractivity contribution is 0.520. The second kappa shape index (κ2) is 22.7. The maximum Gasteiger partial charge on any atom is 0.135 e. The molecule has 1 aromatic heterocycles. The molecule has 1 radical (unpaired) electrons. The van der Waals surface area contributed by atoms with Gasteiger partial charge in [0.15, 0.2) is 0 Å². The summed E-state index contributed by atoms with van der Waals surface area (Å²) in [4.78, 5) is 12.1. The molecule has 1 rings (SSSR count). The van der Waals surface area contributed by atoms with E-state index in [-0.39, 0.29) is 0 Å². The molecule has 0 bridgehead atoms. The van der Waals surface area contributed by atoms with Gasteiger partial charge >= 0.3 is 0 Å². The van der Waals surface area contributed by atoms with Crippen molar-refractivity contribution < 1.29 is 0 Å². The Balaban J connectivity index is 1.65. The van der Waals surface area contributed by atoms with Gasteiger partial charge in [-0.3, -0.25) is 0 Å². The van der Waals surface area contributed by atoms with Crippen LogP contribution in [0, 0.1) is 6.42 Å². The van der Waals surface area contributed by atoms with Gasteiger partial charge in [-0.1, -0.05) is 142 Å². The summed E-state index contributed by atoms with van der Waals surface area (Å²) in [7, 11) is 0. The molecule has 0 fully saturated rings. The van der Waals surface area contributed by atoms with E-state index in [4.69, 9.17) is 0 Å². The van der Waals surface area contributed by atoms with Crippen molar-refractivity contribution in [3.63, 3.8) is 0 Å². The van der Waals surface area contributed by atoms with Gasteiger partial charge in [0.05, 0.1) is 0 Å². The Morgan fingerprint density at radius 2 is 0.833 bits per heavy atom. The van der Waals surface area contributed by atoms with Gasteiger partial charge in [-0.05, 0) is 6.42 Å². The van der Waals surface area contributed by atoms with Crippen molar-refractivity contribution in [2.24, 2.45) is 0 Å². The quantitative estimate of drug-likeness (QED) is 0.167. The molecule has 0 aromatic carbocycles. The molecule has 0 saturated heterocycles. The minimum Gasteiger partial charge on any atom is -0.225 e. The Hall–Kier alpha value is -0.990. The summed E-state index contributed by atoms with van der Waals surface area (Å²) >= 11 is 0. The van der Waals surface area contributed by atoms with Crippen LogP contribution >= 0.6 is 0 Å². The number of hydrogen-bond acceptors (Lipinski definition) is 3. The summed E-state index contributed by atoms with van der Waals surface area (Å²) in [6.07, 6.45) is 36.5. The SMILES string of the molecule is CCCCCCCCCCCCCCCCCCCCCCC[CH]c1ncncn1. The van der Waals surface area contributed by atoms with Crippen molar-refractivity contribution in [1.82, 2.24) is 15.0 Å². The predicted octanol–water partition coefficient (Wildman–Crippen LogP) is 9.03. The van der Waals surface area contributed by atoms with Crippen molar-refractivity contribution in [2.45, 2.75) is 148 Å². The Bertz CT molecular complexity index is 435. The van der Waals surface area contributed by atoms with Crippen molar-refractivity contribution in [3.05, 3.63) is 24.9 Å². The van der Waals surface area contributed by atoms with Crippen LogP contribution in [0.3, 0.4) is 0 Å². The lowest BCUT2D eigenvalue weighted by atomic mass is 10.0. The summed E-state index contributed by atoms with van der Waals surface area (Å²) in [5.74, 6) is 0.818. The highest BCUT2D eigenvalue weighted by molar-refractivity contribution is 4.96. The molecular formula is C27H50N3. The fourth-order valence-corrected chi connectivity index (χ4v) is 4.16. The van der Waals surface area contributed by atoms with E-state index in [0.29, 0.717) is 0 Å². The molecule has 0 amide bonds. The average molecular weight is 417 g/mol. The van der Waals surface area contributed by atoms with Gasteiger partial charge in [-0.2, -0.15) is 0 Å². The van der Waals surface area contributed by atoms with Gasteiger partial charge in [0.1, 0.15) is 18.5 Å². The molecule has 173 valence electrons. The summed E-state index contributed by atoms with van der Waals surface area (Å²) in [6, 6.07) is 0. The predicted molar refractivity (Wildman–Crippen MR) is 130 cm³/mol. The highest BCUT2D eigenvalue weighted by Crippen LogP contribution is 2.15. The molecule has 30 heavy (non-hydrogen) atoms. The molecular weight excluding hydrogens is 366 g/mol. The Kier molecular flexibility index (Phi) is 20.5. The molecule has 0 N–H and O–H groups in total. The van der Waals surface area contributed by atoms with Crippen molar-refractivity contribution in [3.8, 4) is 0 Å². The largest absolute Gasteiger partial charge is 0.225 e. The second-order valence-electron chi connectivity index (χ2n) is 9.06. The van der Waals surface area contributed by atoms with E-state index < -0.39 is 0 Å². The highest BCUT2D eigenvalue weighted by Gasteiger charge is 1.97. The maximum atomic E-state index is 4.13. The first kappa shape index (κ1) is 27.0. The Labute approximate surface area is 188 Å². The van der Waals surface area contributed by atoms with Crippen LogP contribution in [0.15, 0.2) is 12.7 Å². The zero-order valence-electron chi connectivity index (χ0n) is 20.1. The van der Waals surface area contributed by atoms with Crippen LogP contribution < -0.4 is 0 Å². The van der Waals surface area contributed by atoms with E-state index >= 15 is 0 Å². The first-order chi connectivity index (χ1) is 14.9. The van der Waals surface area contributed by atoms with E-state index in [2.05, 4.69) is 28.3 Å². The number of aromatic nitrogens is 3.